The molecule has 0 spiro atoms. The fraction of sp³-hybridized carbons (Fsp3) is 0.917. The zero-order chi connectivity index (χ0) is 11.4. The lowest BCUT2D eigenvalue weighted by atomic mass is 9.92. The summed E-state index contributed by atoms with van der Waals surface area (Å²) in [5, 5.41) is 6.48. The van der Waals surface area contributed by atoms with Crippen LogP contribution >= 0.6 is 0 Å². The molecule has 4 nitrogen and oxygen atoms in total. The first-order valence-corrected chi connectivity index (χ1v) is 6.40. The number of carbonyl (C=O) groups is 1. The van der Waals surface area contributed by atoms with Crippen LogP contribution in [0.5, 0.6) is 0 Å². The summed E-state index contributed by atoms with van der Waals surface area (Å²) in [4.78, 5) is 12.2. The first kappa shape index (κ1) is 11.9. The van der Waals surface area contributed by atoms with Gasteiger partial charge in [0, 0.05) is 6.61 Å². The van der Waals surface area contributed by atoms with E-state index in [0.717, 1.165) is 45.3 Å². The lowest BCUT2D eigenvalue weighted by molar-refractivity contribution is -0.129. The summed E-state index contributed by atoms with van der Waals surface area (Å²) in [6, 6.07) is 0.215. The molecule has 1 amide bonds. The van der Waals surface area contributed by atoms with Gasteiger partial charge in [-0.05, 0) is 38.6 Å². The van der Waals surface area contributed by atoms with Crippen molar-refractivity contribution >= 4 is 5.91 Å². The van der Waals surface area contributed by atoms with E-state index in [2.05, 4.69) is 17.6 Å². The molecule has 0 radical (unpaired) electrons. The summed E-state index contributed by atoms with van der Waals surface area (Å²) >= 11 is 0. The highest BCUT2D eigenvalue weighted by Crippen LogP contribution is 2.23. The van der Waals surface area contributed by atoms with E-state index in [-0.39, 0.29) is 17.5 Å². The Labute approximate surface area is 97.1 Å². The maximum Gasteiger partial charge on any atom is 0.240 e. The average molecular weight is 226 g/mol. The molecular weight excluding hydrogens is 204 g/mol. The van der Waals surface area contributed by atoms with Crippen LogP contribution in [0.3, 0.4) is 0 Å². The highest BCUT2D eigenvalue weighted by atomic mass is 16.5. The van der Waals surface area contributed by atoms with Crippen LogP contribution in [-0.2, 0) is 9.53 Å². The van der Waals surface area contributed by atoms with Crippen LogP contribution in [0.1, 0.15) is 39.0 Å². The van der Waals surface area contributed by atoms with Gasteiger partial charge in [0.25, 0.3) is 0 Å². The van der Waals surface area contributed by atoms with Crippen LogP contribution in [0, 0.1) is 0 Å². The Balaban J connectivity index is 1.90. The van der Waals surface area contributed by atoms with Gasteiger partial charge in [-0.2, -0.15) is 0 Å². The van der Waals surface area contributed by atoms with Crippen LogP contribution in [0.25, 0.3) is 0 Å². The molecule has 2 saturated heterocycles. The zero-order valence-corrected chi connectivity index (χ0v) is 10.1. The van der Waals surface area contributed by atoms with Gasteiger partial charge in [0.2, 0.25) is 5.91 Å². The SMILES string of the molecule is CCC1(C(=O)NC2CCCOC2)CCCN1. The van der Waals surface area contributed by atoms with Crippen molar-refractivity contribution in [1.29, 1.82) is 0 Å². The van der Waals surface area contributed by atoms with Crippen molar-refractivity contribution < 1.29 is 9.53 Å². The lowest BCUT2D eigenvalue weighted by Crippen LogP contribution is -2.56. The van der Waals surface area contributed by atoms with E-state index >= 15 is 0 Å². The molecule has 0 aromatic carbocycles. The molecule has 2 N–H and O–H groups in total. The van der Waals surface area contributed by atoms with Crippen molar-refractivity contribution in [1.82, 2.24) is 10.6 Å². The van der Waals surface area contributed by atoms with E-state index in [4.69, 9.17) is 4.74 Å². The Bertz CT molecular complexity index is 243. The van der Waals surface area contributed by atoms with E-state index in [9.17, 15) is 4.79 Å². The normalized spacial score (nSPS) is 34.9. The summed E-state index contributed by atoms with van der Waals surface area (Å²) in [5.74, 6) is 0.169. The minimum Gasteiger partial charge on any atom is -0.379 e. The predicted molar refractivity (Wildman–Crippen MR) is 62.2 cm³/mol. The molecule has 4 heteroatoms. The molecule has 16 heavy (non-hydrogen) atoms. The molecule has 2 rings (SSSR count). The maximum absolute atomic E-state index is 12.2. The number of hydrogen-bond acceptors (Lipinski definition) is 3. The van der Waals surface area contributed by atoms with Gasteiger partial charge in [-0.15, -0.1) is 0 Å². The molecule has 2 aliphatic heterocycles. The molecule has 0 aromatic heterocycles. The Morgan fingerprint density at radius 1 is 1.56 bits per heavy atom. The first-order valence-electron chi connectivity index (χ1n) is 6.40. The average Bonchev–Trinajstić information content (AvgIpc) is 2.80. The zero-order valence-electron chi connectivity index (χ0n) is 10.1. The largest absolute Gasteiger partial charge is 0.379 e. The first-order chi connectivity index (χ1) is 7.77. The second kappa shape index (κ2) is 5.15. The monoisotopic (exact) mass is 226 g/mol. The standard InChI is InChI=1S/C12H22N2O2/c1-2-12(6-4-7-13-12)11(15)14-10-5-3-8-16-9-10/h10,13H,2-9H2,1H3,(H,14,15). The van der Waals surface area contributed by atoms with Crippen molar-refractivity contribution in [3.05, 3.63) is 0 Å². The molecule has 0 saturated carbocycles. The van der Waals surface area contributed by atoms with Gasteiger partial charge in [0.15, 0.2) is 0 Å². The van der Waals surface area contributed by atoms with Crippen LogP contribution in [0.2, 0.25) is 0 Å². The molecular formula is C12H22N2O2. The third-order valence-corrected chi connectivity index (χ3v) is 3.78. The highest BCUT2D eigenvalue weighted by Gasteiger charge is 2.39. The number of hydrogen-bond donors (Lipinski definition) is 2. The van der Waals surface area contributed by atoms with Crippen molar-refractivity contribution in [3.8, 4) is 0 Å². The van der Waals surface area contributed by atoms with Gasteiger partial charge in [0.05, 0.1) is 18.2 Å². The number of rotatable bonds is 3. The molecule has 2 heterocycles. The molecule has 2 fully saturated rings. The fourth-order valence-electron chi connectivity index (χ4n) is 2.64. The Hall–Kier alpha value is -0.610. The molecule has 0 aliphatic carbocycles. The summed E-state index contributed by atoms with van der Waals surface area (Å²) in [7, 11) is 0. The Morgan fingerprint density at radius 2 is 2.44 bits per heavy atom. The van der Waals surface area contributed by atoms with Gasteiger partial charge < -0.3 is 15.4 Å². The smallest absolute Gasteiger partial charge is 0.240 e. The third-order valence-electron chi connectivity index (χ3n) is 3.78. The maximum atomic E-state index is 12.2. The van der Waals surface area contributed by atoms with Crippen LogP contribution in [0.15, 0.2) is 0 Å². The number of nitrogens with one attached hydrogen (secondary N) is 2. The number of ether oxygens (including phenoxy) is 1. The van der Waals surface area contributed by atoms with E-state index < -0.39 is 0 Å². The summed E-state index contributed by atoms with van der Waals surface area (Å²) in [6.07, 6.45) is 5.03. The van der Waals surface area contributed by atoms with Gasteiger partial charge in [-0.1, -0.05) is 6.92 Å². The molecule has 0 bridgehead atoms. The van der Waals surface area contributed by atoms with Gasteiger partial charge >= 0.3 is 0 Å². The molecule has 2 atom stereocenters. The van der Waals surface area contributed by atoms with Crippen LogP contribution < -0.4 is 10.6 Å². The lowest BCUT2D eigenvalue weighted by Gasteiger charge is -2.31. The fourth-order valence-corrected chi connectivity index (χ4v) is 2.64. The Kier molecular flexibility index (Phi) is 3.82. The summed E-state index contributed by atoms with van der Waals surface area (Å²) in [5.41, 5.74) is -0.308. The number of amides is 1. The van der Waals surface area contributed by atoms with Crippen molar-refractivity contribution in [2.45, 2.75) is 50.6 Å². The van der Waals surface area contributed by atoms with E-state index in [1.165, 1.54) is 0 Å². The molecule has 2 unspecified atom stereocenters. The van der Waals surface area contributed by atoms with E-state index in [1.807, 2.05) is 0 Å². The third kappa shape index (κ3) is 2.38. The van der Waals surface area contributed by atoms with Gasteiger partial charge in [-0.25, -0.2) is 0 Å². The van der Waals surface area contributed by atoms with E-state index in [1.54, 1.807) is 0 Å². The minimum absolute atomic E-state index is 0.169. The quantitative estimate of drug-likeness (QED) is 0.749. The summed E-state index contributed by atoms with van der Waals surface area (Å²) < 4.78 is 5.38. The topological polar surface area (TPSA) is 50.4 Å². The highest BCUT2D eigenvalue weighted by molar-refractivity contribution is 5.86. The molecule has 92 valence electrons. The van der Waals surface area contributed by atoms with Crippen molar-refractivity contribution in [3.63, 3.8) is 0 Å². The second-order valence-corrected chi connectivity index (χ2v) is 4.85. The van der Waals surface area contributed by atoms with Gasteiger partial charge in [0.1, 0.15) is 0 Å². The molecule has 0 aromatic rings. The van der Waals surface area contributed by atoms with Gasteiger partial charge in [-0.3, -0.25) is 4.79 Å². The van der Waals surface area contributed by atoms with Crippen LogP contribution in [0.4, 0.5) is 0 Å². The van der Waals surface area contributed by atoms with Crippen molar-refractivity contribution in [2.75, 3.05) is 19.8 Å². The molecule has 2 aliphatic rings. The predicted octanol–water partition coefficient (Wildman–Crippen LogP) is 0.814. The minimum atomic E-state index is -0.308. The van der Waals surface area contributed by atoms with E-state index in [0.29, 0.717) is 6.61 Å². The summed E-state index contributed by atoms with van der Waals surface area (Å²) in [6.45, 7) is 4.55. The van der Waals surface area contributed by atoms with Crippen LogP contribution in [-0.4, -0.2) is 37.2 Å². The second-order valence-electron chi connectivity index (χ2n) is 4.85. The van der Waals surface area contributed by atoms with Crippen molar-refractivity contribution in [2.24, 2.45) is 0 Å². The number of carbonyl (C=O) groups excluding carboxylic acids is 1. The Morgan fingerprint density at radius 3 is 3.00 bits per heavy atom.